The number of aliphatic hydroxyl groups is 1. The van der Waals surface area contributed by atoms with E-state index in [0.29, 0.717) is 18.6 Å². The van der Waals surface area contributed by atoms with E-state index in [2.05, 4.69) is 24.0 Å². The lowest BCUT2D eigenvalue weighted by atomic mass is 9.91. The van der Waals surface area contributed by atoms with E-state index < -0.39 is 23.9 Å². The summed E-state index contributed by atoms with van der Waals surface area (Å²) < 4.78 is 11.8. The quantitative estimate of drug-likeness (QED) is 0.338. The Labute approximate surface area is 188 Å². The van der Waals surface area contributed by atoms with E-state index in [0.717, 1.165) is 36.6 Å². The minimum absolute atomic E-state index is 0.131. The van der Waals surface area contributed by atoms with Crippen molar-refractivity contribution in [3.8, 4) is 0 Å². The second kappa shape index (κ2) is 11.0. The standard InChI is InChI=1S/C24H31NO5S/c1-3-4-8-17(2)13-22(26)29-20-14-19(12-11-18-9-6-5-7-10-18)30-24(28,15-20)21-16-31-23(27)25-21/h3,5-7,9-10,13,19-21,28H,1,4,8,11-12,14-16H2,2H3,(H,25,27)/b17-13-/t19?,20-,21+,24-/m1/s1. The van der Waals surface area contributed by atoms with Crippen molar-refractivity contribution in [1.82, 2.24) is 5.32 Å². The van der Waals surface area contributed by atoms with Crippen LogP contribution in [0, 0.1) is 0 Å². The molecule has 2 N–H and O–H groups in total. The van der Waals surface area contributed by atoms with Crippen LogP contribution in [0.2, 0.25) is 0 Å². The van der Waals surface area contributed by atoms with Gasteiger partial charge in [-0.25, -0.2) is 4.79 Å². The molecule has 2 aliphatic heterocycles. The lowest BCUT2D eigenvalue weighted by molar-refractivity contribution is -0.283. The van der Waals surface area contributed by atoms with Crippen molar-refractivity contribution in [2.24, 2.45) is 0 Å². The molecule has 0 spiro atoms. The number of thioether (sulfide) groups is 1. The van der Waals surface area contributed by atoms with Crippen LogP contribution >= 0.6 is 11.8 Å². The molecule has 1 unspecified atom stereocenters. The van der Waals surface area contributed by atoms with Crippen molar-refractivity contribution in [3.63, 3.8) is 0 Å². The van der Waals surface area contributed by atoms with E-state index in [4.69, 9.17) is 9.47 Å². The van der Waals surface area contributed by atoms with Crippen LogP contribution in [-0.4, -0.2) is 46.1 Å². The molecule has 2 heterocycles. The summed E-state index contributed by atoms with van der Waals surface area (Å²) in [4.78, 5) is 24.1. The van der Waals surface area contributed by atoms with E-state index >= 15 is 0 Å². The van der Waals surface area contributed by atoms with Crippen LogP contribution in [0.4, 0.5) is 4.79 Å². The first-order valence-corrected chi connectivity index (χ1v) is 11.7. The third kappa shape index (κ3) is 6.95. The molecule has 6 nitrogen and oxygen atoms in total. The monoisotopic (exact) mass is 445 g/mol. The highest BCUT2D eigenvalue weighted by Gasteiger charge is 2.49. The first-order chi connectivity index (χ1) is 14.9. The first-order valence-electron chi connectivity index (χ1n) is 10.7. The molecule has 2 aliphatic rings. The van der Waals surface area contributed by atoms with Gasteiger partial charge in [0.25, 0.3) is 5.24 Å². The van der Waals surface area contributed by atoms with Gasteiger partial charge in [-0.2, -0.15) is 0 Å². The number of rotatable bonds is 9. The number of hydrogen-bond donors (Lipinski definition) is 2. The van der Waals surface area contributed by atoms with Gasteiger partial charge in [0, 0.05) is 24.7 Å². The van der Waals surface area contributed by atoms with E-state index in [1.165, 1.54) is 11.6 Å². The van der Waals surface area contributed by atoms with Crippen LogP contribution in [0.25, 0.3) is 0 Å². The Morgan fingerprint density at radius 1 is 1.42 bits per heavy atom. The number of nitrogens with one attached hydrogen (secondary N) is 1. The Kier molecular flexibility index (Phi) is 8.35. The second-order valence-electron chi connectivity index (χ2n) is 8.22. The molecular formula is C24H31NO5S. The number of carbonyl (C=O) groups excluding carboxylic acids is 2. The summed E-state index contributed by atoms with van der Waals surface area (Å²) in [5.74, 6) is -1.56. The fourth-order valence-electron chi connectivity index (χ4n) is 3.98. The topological polar surface area (TPSA) is 84.9 Å². The molecular weight excluding hydrogens is 414 g/mol. The van der Waals surface area contributed by atoms with Crippen LogP contribution in [0.5, 0.6) is 0 Å². The molecule has 31 heavy (non-hydrogen) atoms. The highest BCUT2D eigenvalue weighted by molar-refractivity contribution is 8.14. The Bertz CT molecular complexity index is 811. The number of ether oxygens (including phenoxy) is 2. The van der Waals surface area contributed by atoms with Crippen LogP contribution in [0.1, 0.15) is 44.6 Å². The summed E-state index contributed by atoms with van der Waals surface area (Å²) >= 11 is 1.12. The van der Waals surface area contributed by atoms with E-state index in [1.807, 2.05) is 31.2 Å². The molecule has 1 amide bonds. The summed E-state index contributed by atoms with van der Waals surface area (Å²) in [6, 6.07) is 9.53. The largest absolute Gasteiger partial charge is 0.459 e. The van der Waals surface area contributed by atoms with Gasteiger partial charge in [0.1, 0.15) is 6.10 Å². The molecule has 4 atom stereocenters. The van der Waals surface area contributed by atoms with Crippen molar-refractivity contribution >= 4 is 23.0 Å². The van der Waals surface area contributed by atoms with Crippen molar-refractivity contribution in [2.45, 2.75) is 69.5 Å². The number of allylic oxidation sites excluding steroid dienone is 2. The van der Waals surface area contributed by atoms with Gasteiger partial charge >= 0.3 is 5.97 Å². The minimum Gasteiger partial charge on any atom is -0.459 e. The SMILES string of the molecule is C=CCC/C(C)=C\C(=O)O[C@@H]1CC(CCc2ccccc2)O[C@@](O)([C@@H]2CSC(=O)N2)C1. The molecule has 0 saturated carbocycles. The van der Waals surface area contributed by atoms with Crippen LogP contribution in [0.15, 0.2) is 54.6 Å². The average Bonchev–Trinajstić information content (AvgIpc) is 3.18. The van der Waals surface area contributed by atoms with Gasteiger partial charge < -0.3 is 19.9 Å². The lowest BCUT2D eigenvalue weighted by Crippen LogP contribution is -2.58. The van der Waals surface area contributed by atoms with Gasteiger partial charge in [-0.1, -0.05) is 53.7 Å². The molecule has 168 valence electrons. The van der Waals surface area contributed by atoms with E-state index in [-0.39, 0.29) is 17.8 Å². The van der Waals surface area contributed by atoms with Crippen molar-refractivity contribution < 1.29 is 24.2 Å². The lowest BCUT2D eigenvalue weighted by Gasteiger charge is -2.43. The minimum atomic E-state index is -1.56. The Morgan fingerprint density at radius 3 is 2.87 bits per heavy atom. The van der Waals surface area contributed by atoms with Gasteiger partial charge in [-0.15, -0.1) is 6.58 Å². The molecule has 0 bridgehead atoms. The summed E-state index contributed by atoms with van der Waals surface area (Å²) in [6.45, 7) is 5.58. The summed E-state index contributed by atoms with van der Waals surface area (Å²) in [5.41, 5.74) is 2.10. The van der Waals surface area contributed by atoms with Gasteiger partial charge in [0.15, 0.2) is 5.79 Å². The van der Waals surface area contributed by atoms with Crippen molar-refractivity contribution in [2.75, 3.05) is 5.75 Å². The average molecular weight is 446 g/mol. The smallest absolute Gasteiger partial charge is 0.330 e. The molecule has 1 aromatic rings. The van der Waals surface area contributed by atoms with Gasteiger partial charge in [-0.3, -0.25) is 4.79 Å². The molecule has 3 rings (SSSR count). The molecule has 0 aromatic heterocycles. The highest BCUT2D eigenvalue weighted by Crippen LogP contribution is 2.36. The van der Waals surface area contributed by atoms with E-state index in [9.17, 15) is 14.7 Å². The van der Waals surface area contributed by atoms with Crippen LogP contribution in [-0.2, 0) is 20.7 Å². The zero-order valence-electron chi connectivity index (χ0n) is 17.9. The molecule has 2 saturated heterocycles. The maximum atomic E-state index is 12.4. The van der Waals surface area contributed by atoms with Crippen molar-refractivity contribution in [1.29, 1.82) is 0 Å². The summed E-state index contributed by atoms with van der Waals surface area (Å²) in [5, 5.41) is 13.9. The molecule has 7 heteroatoms. The third-order valence-electron chi connectivity index (χ3n) is 5.62. The Morgan fingerprint density at radius 2 is 2.19 bits per heavy atom. The highest BCUT2D eigenvalue weighted by atomic mass is 32.2. The Balaban J connectivity index is 1.67. The fourth-order valence-corrected chi connectivity index (χ4v) is 4.87. The van der Waals surface area contributed by atoms with Crippen LogP contribution in [0.3, 0.4) is 0 Å². The zero-order valence-corrected chi connectivity index (χ0v) is 18.7. The number of hydrogen-bond acceptors (Lipinski definition) is 6. The van der Waals surface area contributed by atoms with E-state index in [1.54, 1.807) is 0 Å². The first kappa shape index (κ1) is 23.6. The second-order valence-corrected chi connectivity index (χ2v) is 9.21. The number of amides is 1. The number of carbonyl (C=O) groups is 2. The fraction of sp³-hybridized carbons (Fsp3) is 0.500. The third-order valence-corrected chi connectivity index (χ3v) is 6.50. The number of esters is 1. The molecule has 0 aliphatic carbocycles. The molecule has 1 aromatic carbocycles. The predicted octanol–water partition coefficient (Wildman–Crippen LogP) is 4.14. The van der Waals surface area contributed by atoms with Crippen LogP contribution < -0.4 is 5.32 Å². The zero-order chi connectivity index (χ0) is 22.3. The maximum absolute atomic E-state index is 12.4. The number of benzene rings is 1. The number of aryl methyl sites for hydroxylation is 1. The van der Waals surface area contributed by atoms with Gasteiger partial charge in [0.2, 0.25) is 0 Å². The Hall–Kier alpha value is -2.09. The van der Waals surface area contributed by atoms with Gasteiger partial charge in [0.05, 0.1) is 12.1 Å². The van der Waals surface area contributed by atoms with Gasteiger partial charge in [-0.05, 0) is 38.2 Å². The predicted molar refractivity (Wildman–Crippen MR) is 122 cm³/mol. The summed E-state index contributed by atoms with van der Waals surface area (Å²) in [6.07, 6.45) is 6.20. The normalized spacial score (nSPS) is 28.8. The summed E-state index contributed by atoms with van der Waals surface area (Å²) in [7, 11) is 0. The van der Waals surface area contributed by atoms with Crippen molar-refractivity contribution in [3.05, 3.63) is 60.2 Å². The molecule has 2 fully saturated rings. The molecule has 0 radical (unpaired) electrons. The maximum Gasteiger partial charge on any atom is 0.330 e.